The van der Waals surface area contributed by atoms with Crippen molar-refractivity contribution < 1.29 is 9.53 Å². The van der Waals surface area contributed by atoms with Crippen molar-refractivity contribution in [3.63, 3.8) is 0 Å². The van der Waals surface area contributed by atoms with Gasteiger partial charge in [0.15, 0.2) is 0 Å². The second-order valence-electron chi connectivity index (χ2n) is 7.84. The summed E-state index contributed by atoms with van der Waals surface area (Å²) in [7, 11) is 0. The van der Waals surface area contributed by atoms with Gasteiger partial charge in [0.1, 0.15) is 0 Å². The molecule has 0 atom stereocenters. The molecule has 4 heteroatoms. The molecule has 0 amide bonds. The van der Waals surface area contributed by atoms with Crippen LogP contribution in [0, 0.1) is 5.92 Å². The van der Waals surface area contributed by atoms with E-state index < -0.39 is 0 Å². The van der Waals surface area contributed by atoms with Gasteiger partial charge in [-0.2, -0.15) is 25.3 Å². The summed E-state index contributed by atoms with van der Waals surface area (Å²) in [6.45, 7) is 7.31. The molecule has 0 unspecified atom stereocenters. The third-order valence-corrected chi connectivity index (χ3v) is 5.06. The Hall–Kier alpha value is 0.170. The molecular weight excluding hydrogens is 372 g/mol. The van der Waals surface area contributed by atoms with E-state index in [1.165, 1.54) is 77.0 Å². The molecule has 0 aromatic rings. The standard InChI is InChI=1S/C12H26S.C11H22O2S/c1-2-3-4-5-6-7-8-9-10-11-12-13;1-10(2)6-4-3-5-8-13-11(12)7-9-14/h13H,2-12H2,1H3;10,14H,3-9H2,1-2H3. The molecule has 2 nitrogen and oxygen atoms in total. The van der Waals surface area contributed by atoms with Gasteiger partial charge in [-0.25, -0.2) is 0 Å². The zero-order chi connectivity index (χ0) is 20.6. The summed E-state index contributed by atoms with van der Waals surface area (Å²) in [5.41, 5.74) is 0. The number of esters is 1. The predicted octanol–water partition coefficient (Wildman–Crippen LogP) is 7.90. The Kier molecular flexibility index (Phi) is 28.5. The van der Waals surface area contributed by atoms with Crippen molar-refractivity contribution >= 4 is 31.2 Å². The second-order valence-corrected chi connectivity index (χ2v) is 8.74. The molecule has 0 saturated carbocycles. The molecule has 0 aliphatic carbocycles. The summed E-state index contributed by atoms with van der Waals surface area (Å²) in [6.07, 6.45) is 19.3. The minimum atomic E-state index is -0.121. The van der Waals surface area contributed by atoms with Crippen LogP contribution < -0.4 is 0 Å². The summed E-state index contributed by atoms with van der Waals surface area (Å²) < 4.78 is 5.00. The highest BCUT2D eigenvalue weighted by molar-refractivity contribution is 7.80. The number of hydrogen-bond donors (Lipinski definition) is 2. The highest BCUT2D eigenvalue weighted by Crippen LogP contribution is 2.10. The number of thiol groups is 2. The molecule has 0 aromatic carbocycles. The van der Waals surface area contributed by atoms with Gasteiger partial charge in [0.05, 0.1) is 13.0 Å². The first-order valence-electron chi connectivity index (χ1n) is 11.5. The lowest BCUT2D eigenvalue weighted by atomic mass is 10.1. The molecule has 0 N–H and O–H groups in total. The van der Waals surface area contributed by atoms with E-state index in [0.29, 0.717) is 18.8 Å². The molecule has 0 aliphatic rings. The number of carbonyl (C=O) groups is 1. The number of rotatable bonds is 18. The topological polar surface area (TPSA) is 26.3 Å². The fraction of sp³-hybridized carbons (Fsp3) is 0.957. The van der Waals surface area contributed by atoms with Crippen molar-refractivity contribution in [1.29, 1.82) is 0 Å². The van der Waals surface area contributed by atoms with Gasteiger partial charge in [-0.1, -0.05) is 97.8 Å². The van der Waals surface area contributed by atoms with E-state index in [2.05, 4.69) is 46.0 Å². The zero-order valence-electron chi connectivity index (χ0n) is 18.5. The van der Waals surface area contributed by atoms with Crippen molar-refractivity contribution in [2.45, 2.75) is 117 Å². The maximum absolute atomic E-state index is 10.9. The Morgan fingerprint density at radius 3 is 1.74 bits per heavy atom. The molecule has 0 rings (SSSR count). The van der Waals surface area contributed by atoms with Gasteiger partial charge < -0.3 is 4.74 Å². The average Bonchev–Trinajstić information content (AvgIpc) is 2.64. The Morgan fingerprint density at radius 1 is 0.741 bits per heavy atom. The fourth-order valence-electron chi connectivity index (χ4n) is 2.78. The first-order chi connectivity index (χ1) is 13.1. The van der Waals surface area contributed by atoms with E-state index in [9.17, 15) is 4.79 Å². The lowest BCUT2D eigenvalue weighted by molar-refractivity contribution is -0.143. The molecule has 164 valence electrons. The van der Waals surface area contributed by atoms with Gasteiger partial charge in [-0.3, -0.25) is 4.79 Å². The summed E-state index contributed by atoms with van der Waals surface area (Å²) in [5.74, 6) is 2.30. The van der Waals surface area contributed by atoms with Crippen LogP contribution in [0.3, 0.4) is 0 Å². The zero-order valence-corrected chi connectivity index (χ0v) is 20.3. The van der Waals surface area contributed by atoms with Crippen LogP contribution in [0.4, 0.5) is 0 Å². The van der Waals surface area contributed by atoms with Crippen LogP contribution >= 0.6 is 25.3 Å². The molecule has 0 aliphatic heterocycles. The van der Waals surface area contributed by atoms with Crippen molar-refractivity contribution in [3.05, 3.63) is 0 Å². The third-order valence-electron chi connectivity index (χ3n) is 4.52. The van der Waals surface area contributed by atoms with Gasteiger partial charge >= 0.3 is 5.97 Å². The Morgan fingerprint density at radius 2 is 1.26 bits per heavy atom. The SMILES string of the molecule is CC(C)CCCCCOC(=O)CCS.CCCCCCCCCCCCS. The lowest BCUT2D eigenvalue weighted by Gasteiger charge is -2.05. The molecule has 0 fully saturated rings. The van der Waals surface area contributed by atoms with Gasteiger partial charge in [0.2, 0.25) is 0 Å². The fourth-order valence-corrected chi connectivity index (χ4v) is 3.19. The smallest absolute Gasteiger partial charge is 0.306 e. The summed E-state index contributed by atoms with van der Waals surface area (Å²) >= 11 is 8.16. The predicted molar refractivity (Wildman–Crippen MR) is 128 cm³/mol. The molecule has 0 bridgehead atoms. The maximum Gasteiger partial charge on any atom is 0.306 e. The summed E-state index contributed by atoms with van der Waals surface area (Å²) in [6, 6.07) is 0. The van der Waals surface area contributed by atoms with Crippen LogP contribution in [0.5, 0.6) is 0 Å². The summed E-state index contributed by atoms with van der Waals surface area (Å²) in [5, 5.41) is 0. The van der Waals surface area contributed by atoms with Crippen LogP contribution in [-0.2, 0) is 9.53 Å². The minimum Gasteiger partial charge on any atom is -0.466 e. The van der Waals surface area contributed by atoms with Crippen LogP contribution in [0.15, 0.2) is 0 Å². The van der Waals surface area contributed by atoms with Gasteiger partial charge in [0.25, 0.3) is 0 Å². The first kappa shape index (κ1) is 29.4. The molecule has 0 heterocycles. The number of ether oxygens (including phenoxy) is 1. The van der Waals surface area contributed by atoms with E-state index in [1.807, 2.05) is 0 Å². The number of carbonyl (C=O) groups excluding carboxylic acids is 1. The Bertz CT molecular complexity index is 274. The van der Waals surface area contributed by atoms with Crippen molar-refractivity contribution in [1.82, 2.24) is 0 Å². The Balaban J connectivity index is 0. The highest BCUT2D eigenvalue weighted by atomic mass is 32.1. The van der Waals surface area contributed by atoms with Crippen molar-refractivity contribution in [2.75, 3.05) is 18.1 Å². The highest BCUT2D eigenvalue weighted by Gasteiger charge is 2.00. The quantitative estimate of drug-likeness (QED) is 0.134. The molecule has 0 spiro atoms. The van der Waals surface area contributed by atoms with Crippen molar-refractivity contribution in [3.8, 4) is 0 Å². The van der Waals surface area contributed by atoms with E-state index in [1.54, 1.807) is 0 Å². The monoisotopic (exact) mass is 420 g/mol. The minimum absolute atomic E-state index is 0.121. The third kappa shape index (κ3) is 31.1. The van der Waals surface area contributed by atoms with Crippen LogP contribution in [0.2, 0.25) is 0 Å². The molecular formula is C23H48O2S2. The molecule has 0 radical (unpaired) electrons. The van der Waals surface area contributed by atoms with Crippen LogP contribution in [0.25, 0.3) is 0 Å². The van der Waals surface area contributed by atoms with Gasteiger partial charge in [0, 0.05) is 5.75 Å². The lowest BCUT2D eigenvalue weighted by Crippen LogP contribution is -2.06. The van der Waals surface area contributed by atoms with Crippen molar-refractivity contribution in [2.24, 2.45) is 5.92 Å². The maximum atomic E-state index is 10.9. The largest absolute Gasteiger partial charge is 0.466 e. The second kappa shape index (κ2) is 26.2. The molecule has 27 heavy (non-hydrogen) atoms. The molecule has 0 saturated heterocycles. The average molecular weight is 421 g/mol. The van der Waals surface area contributed by atoms with E-state index in [-0.39, 0.29) is 5.97 Å². The normalized spacial score (nSPS) is 10.6. The van der Waals surface area contributed by atoms with E-state index >= 15 is 0 Å². The number of hydrogen-bond acceptors (Lipinski definition) is 4. The first-order valence-corrected chi connectivity index (χ1v) is 12.7. The van der Waals surface area contributed by atoms with Crippen LogP contribution in [-0.4, -0.2) is 24.1 Å². The van der Waals surface area contributed by atoms with Gasteiger partial charge in [-0.15, -0.1) is 0 Å². The summed E-state index contributed by atoms with van der Waals surface area (Å²) in [4.78, 5) is 10.9. The number of unbranched alkanes of at least 4 members (excludes halogenated alkanes) is 11. The van der Waals surface area contributed by atoms with E-state index in [4.69, 9.17) is 4.74 Å². The van der Waals surface area contributed by atoms with E-state index in [0.717, 1.165) is 24.5 Å². The van der Waals surface area contributed by atoms with Gasteiger partial charge in [-0.05, 0) is 24.5 Å². The van der Waals surface area contributed by atoms with Crippen LogP contribution in [0.1, 0.15) is 117 Å². The Labute approximate surface area is 181 Å². The molecule has 0 aromatic heterocycles.